The van der Waals surface area contributed by atoms with Gasteiger partial charge >= 0.3 is 5.97 Å². The van der Waals surface area contributed by atoms with Crippen molar-refractivity contribution in [2.45, 2.75) is 13.0 Å². The van der Waals surface area contributed by atoms with Gasteiger partial charge in [0.05, 0.1) is 5.56 Å². The lowest BCUT2D eigenvalue weighted by atomic mass is 10.2. The second-order valence-corrected chi connectivity index (χ2v) is 3.88. The van der Waals surface area contributed by atoms with Crippen LogP contribution in [0.4, 0.5) is 0 Å². The van der Waals surface area contributed by atoms with E-state index in [9.17, 15) is 4.79 Å². The van der Waals surface area contributed by atoms with Crippen LogP contribution in [-0.2, 0) is 0 Å². The van der Waals surface area contributed by atoms with Crippen molar-refractivity contribution in [1.29, 1.82) is 0 Å². The van der Waals surface area contributed by atoms with E-state index in [0.29, 0.717) is 5.75 Å². The van der Waals surface area contributed by atoms with Crippen molar-refractivity contribution in [1.82, 2.24) is 4.98 Å². The van der Waals surface area contributed by atoms with E-state index in [0.717, 1.165) is 5.56 Å². The van der Waals surface area contributed by atoms with Crippen LogP contribution in [0.3, 0.4) is 0 Å². The van der Waals surface area contributed by atoms with E-state index in [1.807, 2.05) is 19.1 Å². The van der Waals surface area contributed by atoms with E-state index in [-0.39, 0.29) is 11.7 Å². The second-order valence-electron chi connectivity index (χ2n) is 3.88. The standard InChI is InChI=1S/C14H13NO3/c1-10(12-5-3-7-15-9-12)18-13-6-2-4-11(8-13)14(16)17/h2-10H,1H3,(H,16,17). The zero-order chi connectivity index (χ0) is 13.0. The molecule has 18 heavy (non-hydrogen) atoms. The number of hydrogen-bond acceptors (Lipinski definition) is 3. The molecule has 1 aromatic heterocycles. The molecule has 4 heteroatoms. The molecule has 2 rings (SSSR count). The summed E-state index contributed by atoms with van der Waals surface area (Å²) in [6.45, 7) is 1.89. The number of pyridine rings is 1. The summed E-state index contributed by atoms with van der Waals surface area (Å²) in [5, 5.41) is 8.89. The fourth-order valence-corrected chi connectivity index (χ4v) is 1.59. The summed E-state index contributed by atoms with van der Waals surface area (Å²) in [6.07, 6.45) is 3.25. The third kappa shape index (κ3) is 2.85. The SMILES string of the molecule is CC(Oc1cccc(C(=O)O)c1)c1cccnc1. The third-order valence-electron chi connectivity index (χ3n) is 2.55. The number of benzene rings is 1. The highest BCUT2D eigenvalue weighted by Gasteiger charge is 2.09. The highest BCUT2D eigenvalue weighted by atomic mass is 16.5. The summed E-state index contributed by atoms with van der Waals surface area (Å²) < 4.78 is 5.69. The van der Waals surface area contributed by atoms with E-state index in [4.69, 9.17) is 9.84 Å². The number of rotatable bonds is 4. The molecule has 0 amide bonds. The Bertz CT molecular complexity index is 540. The monoisotopic (exact) mass is 243 g/mol. The van der Waals surface area contributed by atoms with Crippen LogP contribution in [0.2, 0.25) is 0 Å². The highest BCUT2D eigenvalue weighted by Crippen LogP contribution is 2.21. The van der Waals surface area contributed by atoms with E-state index in [1.165, 1.54) is 12.1 Å². The molecule has 0 saturated carbocycles. The molecule has 0 saturated heterocycles. The lowest BCUT2D eigenvalue weighted by Crippen LogP contribution is -2.04. The summed E-state index contributed by atoms with van der Waals surface area (Å²) in [5.74, 6) is -0.430. The van der Waals surface area contributed by atoms with Crippen LogP contribution < -0.4 is 4.74 Å². The lowest BCUT2D eigenvalue weighted by molar-refractivity contribution is 0.0696. The van der Waals surface area contributed by atoms with Crippen LogP contribution >= 0.6 is 0 Å². The Labute approximate surface area is 105 Å². The van der Waals surface area contributed by atoms with Gasteiger partial charge < -0.3 is 9.84 Å². The minimum absolute atomic E-state index is 0.178. The molecular weight excluding hydrogens is 230 g/mol. The molecule has 0 aliphatic carbocycles. The molecule has 0 aliphatic rings. The fourth-order valence-electron chi connectivity index (χ4n) is 1.59. The Morgan fingerprint density at radius 2 is 2.17 bits per heavy atom. The van der Waals surface area contributed by atoms with E-state index in [1.54, 1.807) is 24.5 Å². The average Bonchev–Trinajstić information content (AvgIpc) is 2.40. The van der Waals surface area contributed by atoms with E-state index < -0.39 is 5.97 Å². The van der Waals surface area contributed by atoms with Crippen molar-refractivity contribution in [3.05, 3.63) is 59.9 Å². The lowest BCUT2D eigenvalue weighted by Gasteiger charge is -2.14. The van der Waals surface area contributed by atoms with Crippen molar-refractivity contribution in [3.8, 4) is 5.75 Å². The third-order valence-corrected chi connectivity index (χ3v) is 2.55. The van der Waals surface area contributed by atoms with Gasteiger partial charge in [-0.1, -0.05) is 12.1 Å². The summed E-state index contributed by atoms with van der Waals surface area (Å²) in [5.41, 5.74) is 1.16. The van der Waals surface area contributed by atoms with Gasteiger partial charge in [0.1, 0.15) is 11.9 Å². The van der Waals surface area contributed by atoms with Crippen molar-refractivity contribution >= 4 is 5.97 Å². The van der Waals surface area contributed by atoms with E-state index in [2.05, 4.69) is 4.98 Å². The zero-order valence-electron chi connectivity index (χ0n) is 9.91. The maximum Gasteiger partial charge on any atom is 0.335 e. The van der Waals surface area contributed by atoms with Gasteiger partial charge in [0, 0.05) is 18.0 Å². The average molecular weight is 243 g/mol. The number of aromatic nitrogens is 1. The Hall–Kier alpha value is -2.36. The Morgan fingerprint density at radius 1 is 1.33 bits per heavy atom. The van der Waals surface area contributed by atoms with Crippen LogP contribution in [0.15, 0.2) is 48.8 Å². The molecule has 1 atom stereocenters. The van der Waals surface area contributed by atoms with Gasteiger partial charge in [-0.3, -0.25) is 4.98 Å². The maximum absolute atomic E-state index is 10.8. The number of ether oxygens (including phenoxy) is 1. The number of carbonyl (C=O) groups is 1. The zero-order valence-corrected chi connectivity index (χ0v) is 9.91. The molecule has 0 radical (unpaired) electrons. The minimum atomic E-state index is -0.963. The predicted molar refractivity (Wildman–Crippen MR) is 66.7 cm³/mol. The summed E-state index contributed by atoms with van der Waals surface area (Å²) in [7, 11) is 0. The Balaban J connectivity index is 2.14. The number of carboxylic acid groups (broad SMARTS) is 1. The molecular formula is C14H13NO3. The van der Waals surface area contributed by atoms with Crippen molar-refractivity contribution in [2.24, 2.45) is 0 Å². The largest absolute Gasteiger partial charge is 0.486 e. The molecule has 4 nitrogen and oxygen atoms in total. The van der Waals surface area contributed by atoms with Crippen molar-refractivity contribution < 1.29 is 14.6 Å². The van der Waals surface area contributed by atoms with Gasteiger partial charge in [-0.2, -0.15) is 0 Å². The molecule has 0 aliphatic heterocycles. The van der Waals surface area contributed by atoms with Crippen molar-refractivity contribution in [2.75, 3.05) is 0 Å². The fraction of sp³-hybridized carbons (Fsp3) is 0.143. The molecule has 0 spiro atoms. The van der Waals surface area contributed by atoms with Crippen molar-refractivity contribution in [3.63, 3.8) is 0 Å². The number of nitrogens with zero attached hydrogens (tertiary/aromatic N) is 1. The molecule has 1 aromatic carbocycles. The van der Waals surface area contributed by atoms with Crippen LogP contribution in [0.5, 0.6) is 5.75 Å². The van der Waals surface area contributed by atoms with Gasteiger partial charge in [0.15, 0.2) is 0 Å². The molecule has 0 bridgehead atoms. The first kappa shape index (κ1) is 12.1. The topological polar surface area (TPSA) is 59.4 Å². The quantitative estimate of drug-likeness (QED) is 0.896. The Morgan fingerprint density at radius 3 is 2.83 bits per heavy atom. The first-order chi connectivity index (χ1) is 8.66. The van der Waals surface area contributed by atoms with Gasteiger partial charge in [-0.15, -0.1) is 0 Å². The molecule has 1 N–H and O–H groups in total. The number of hydrogen-bond donors (Lipinski definition) is 1. The molecule has 1 heterocycles. The minimum Gasteiger partial charge on any atom is -0.486 e. The molecule has 0 fully saturated rings. The normalized spacial score (nSPS) is 11.8. The summed E-state index contributed by atoms with van der Waals surface area (Å²) in [4.78, 5) is 14.9. The van der Waals surface area contributed by atoms with Crippen LogP contribution in [0.1, 0.15) is 28.9 Å². The molecule has 1 unspecified atom stereocenters. The maximum atomic E-state index is 10.8. The van der Waals surface area contributed by atoms with Crippen LogP contribution in [-0.4, -0.2) is 16.1 Å². The van der Waals surface area contributed by atoms with Gasteiger partial charge in [-0.25, -0.2) is 4.79 Å². The highest BCUT2D eigenvalue weighted by molar-refractivity contribution is 5.87. The van der Waals surface area contributed by atoms with Gasteiger partial charge in [-0.05, 0) is 31.2 Å². The van der Waals surface area contributed by atoms with Crippen LogP contribution in [0, 0.1) is 0 Å². The molecule has 92 valence electrons. The number of aromatic carboxylic acids is 1. The smallest absolute Gasteiger partial charge is 0.335 e. The second kappa shape index (κ2) is 5.31. The first-order valence-corrected chi connectivity index (χ1v) is 5.57. The first-order valence-electron chi connectivity index (χ1n) is 5.57. The predicted octanol–water partition coefficient (Wildman–Crippen LogP) is 2.92. The van der Waals surface area contributed by atoms with Crippen LogP contribution in [0.25, 0.3) is 0 Å². The molecule has 2 aromatic rings. The number of carboxylic acids is 1. The summed E-state index contributed by atoms with van der Waals surface area (Å²) >= 11 is 0. The van der Waals surface area contributed by atoms with Gasteiger partial charge in [0.2, 0.25) is 0 Å². The Kier molecular flexibility index (Phi) is 3.57. The summed E-state index contributed by atoms with van der Waals surface area (Å²) in [6, 6.07) is 10.2. The van der Waals surface area contributed by atoms with E-state index >= 15 is 0 Å². The van der Waals surface area contributed by atoms with Gasteiger partial charge in [0.25, 0.3) is 0 Å².